The molecule has 0 heterocycles. The number of carbonyl (C=O) groups is 1. The van der Waals surface area contributed by atoms with Crippen molar-refractivity contribution < 1.29 is 13.2 Å². The normalized spacial score (nSPS) is 16.3. The minimum atomic E-state index is -3.19. The van der Waals surface area contributed by atoms with Gasteiger partial charge in [-0.25, -0.2) is 8.42 Å². The van der Waals surface area contributed by atoms with Gasteiger partial charge in [0, 0.05) is 12.5 Å². The van der Waals surface area contributed by atoms with Crippen molar-refractivity contribution in [3.05, 3.63) is 29.8 Å². The zero-order valence-electron chi connectivity index (χ0n) is 12.6. The van der Waals surface area contributed by atoms with Crippen molar-refractivity contribution in [3.63, 3.8) is 0 Å². The zero-order valence-corrected chi connectivity index (χ0v) is 13.4. The molecule has 4 nitrogen and oxygen atoms in total. The summed E-state index contributed by atoms with van der Waals surface area (Å²) in [6, 6.07) is 6.87. The zero-order chi connectivity index (χ0) is 15.5. The van der Waals surface area contributed by atoms with Gasteiger partial charge in [0.25, 0.3) is 0 Å². The van der Waals surface area contributed by atoms with E-state index in [9.17, 15) is 13.2 Å². The third-order valence-corrected chi connectivity index (χ3v) is 6.26. The SMILES string of the molecule is CC(C)C(=O)NCc1ccc(S(=O)(=O)C2CCCC2)cc1. The summed E-state index contributed by atoms with van der Waals surface area (Å²) in [6.07, 6.45) is 3.55. The van der Waals surface area contributed by atoms with Crippen LogP contribution in [0.15, 0.2) is 29.2 Å². The largest absolute Gasteiger partial charge is 0.352 e. The van der Waals surface area contributed by atoms with E-state index in [2.05, 4.69) is 5.32 Å². The molecule has 0 bridgehead atoms. The first-order valence-corrected chi connectivity index (χ1v) is 9.06. The maximum absolute atomic E-state index is 12.4. The molecule has 0 atom stereocenters. The molecule has 1 N–H and O–H groups in total. The second-order valence-electron chi connectivity index (χ2n) is 5.97. The molecule has 116 valence electrons. The van der Waals surface area contributed by atoms with Gasteiger partial charge in [0.1, 0.15) is 0 Å². The molecular formula is C16H23NO3S. The monoisotopic (exact) mass is 309 g/mol. The fraction of sp³-hybridized carbons (Fsp3) is 0.562. The van der Waals surface area contributed by atoms with E-state index in [0.29, 0.717) is 11.4 Å². The molecule has 2 rings (SSSR count). The summed E-state index contributed by atoms with van der Waals surface area (Å²) >= 11 is 0. The Morgan fingerprint density at radius 3 is 2.29 bits per heavy atom. The molecule has 1 amide bonds. The van der Waals surface area contributed by atoms with Gasteiger partial charge < -0.3 is 5.32 Å². The van der Waals surface area contributed by atoms with Crippen LogP contribution in [0.3, 0.4) is 0 Å². The third kappa shape index (κ3) is 3.84. The summed E-state index contributed by atoms with van der Waals surface area (Å²) < 4.78 is 24.9. The number of benzene rings is 1. The van der Waals surface area contributed by atoms with E-state index in [0.717, 1.165) is 31.2 Å². The summed E-state index contributed by atoms with van der Waals surface area (Å²) in [6.45, 7) is 4.11. The molecule has 0 aliphatic heterocycles. The highest BCUT2D eigenvalue weighted by Gasteiger charge is 2.29. The number of amides is 1. The average molecular weight is 309 g/mol. The Balaban J connectivity index is 2.03. The first-order chi connectivity index (χ1) is 9.91. The van der Waals surface area contributed by atoms with Crippen molar-refractivity contribution in [2.24, 2.45) is 5.92 Å². The molecule has 1 fully saturated rings. The number of sulfone groups is 1. The van der Waals surface area contributed by atoms with Crippen LogP contribution in [0, 0.1) is 5.92 Å². The number of hydrogen-bond donors (Lipinski definition) is 1. The number of carbonyl (C=O) groups excluding carboxylic acids is 1. The molecule has 1 aromatic carbocycles. The van der Waals surface area contributed by atoms with Crippen LogP contribution in [0.25, 0.3) is 0 Å². The lowest BCUT2D eigenvalue weighted by Crippen LogP contribution is -2.27. The van der Waals surface area contributed by atoms with E-state index >= 15 is 0 Å². The van der Waals surface area contributed by atoms with E-state index in [1.807, 2.05) is 13.8 Å². The molecule has 0 radical (unpaired) electrons. The van der Waals surface area contributed by atoms with E-state index in [4.69, 9.17) is 0 Å². The third-order valence-electron chi connectivity index (χ3n) is 3.98. The predicted molar refractivity (Wildman–Crippen MR) is 82.6 cm³/mol. The Kier molecular flexibility index (Phi) is 5.04. The molecule has 21 heavy (non-hydrogen) atoms. The van der Waals surface area contributed by atoms with Crippen molar-refractivity contribution >= 4 is 15.7 Å². The van der Waals surface area contributed by atoms with E-state index in [-0.39, 0.29) is 17.1 Å². The lowest BCUT2D eigenvalue weighted by molar-refractivity contribution is -0.124. The molecule has 1 aliphatic rings. The lowest BCUT2D eigenvalue weighted by Gasteiger charge is -2.12. The highest BCUT2D eigenvalue weighted by molar-refractivity contribution is 7.92. The molecule has 0 spiro atoms. The van der Waals surface area contributed by atoms with Gasteiger partial charge in [0.15, 0.2) is 9.84 Å². The smallest absolute Gasteiger partial charge is 0.222 e. The van der Waals surface area contributed by atoms with E-state index < -0.39 is 9.84 Å². The van der Waals surface area contributed by atoms with Crippen LogP contribution in [0.4, 0.5) is 0 Å². The first kappa shape index (κ1) is 16.0. The van der Waals surface area contributed by atoms with Crippen LogP contribution in [0.5, 0.6) is 0 Å². The van der Waals surface area contributed by atoms with Gasteiger partial charge in [-0.3, -0.25) is 4.79 Å². The molecular weight excluding hydrogens is 286 g/mol. The Bertz CT molecular complexity index is 584. The van der Waals surface area contributed by atoms with Gasteiger partial charge in [0.2, 0.25) is 5.91 Å². The molecule has 1 saturated carbocycles. The fourth-order valence-corrected chi connectivity index (χ4v) is 4.44. The minimum Gasteiger partial charge on any atom is -0.352 e. The Hall–Kier alpha value is -1.36. The molecule has 1 aromatic rings. The Morgan fingerprint density at radius 1 is 1.19 bits per heavy atom. The van der Waals surface area contributed by atoms with Crippen molar-refractivity contribution in [2.75, 3.05) is 0 Å². The summed E-state index contributed by atoms with van der Waals surface area (Å²) in [4.78, 5) is 11.9. The number of nitrogens with one attached hydrogen (secondary N) is 1. The topological polar surface area (TPSA) is 63.2 Å². The van der Waals surface area contributed by atoms with Gasteiger partial charge in [-0.15, -0.1) is 0 Å². The highest BCUT2D eigenvalue weighted by atomic mass is 32.2. The standard InChI is InChI=1S/C16H23NO3S/c1-12(2)16(18)17-11-13-7-9-15(10-8-13)21(19,20)14-5-3-4-6-14/h7-10,12,14H,3-6,11H2,1-2H3,(H,17,18). The quantitative estimate of drug-likeness (QED) is 0.909. The van der Waals surface area contributed by atoms with Crippen LogP contribution in [0.1, 0.15) is 45.1 Å². The lowest BCUT2D eigenvalue weighted by atomic mass is 10.2. The Labute approximate surface area is 126 Å². The van der Waals surface area contributed by atoms with E-state index in [1.165, 1.54) is 0 Å². The maximum Gasteiger partial charge on any atom is 0.222 e. The van der Waals surface area contributed by atoms with Crippen molar-refractivity contribution in [3.8, 4) is 0 Å². The van der Waals surface area contributed by atoms with Gasteiger partial charge in [-0.2, -0.15) is 0 Å². The molecule has 1 aliphatic carbocycles. The second-order valence-corrected chi connectivity index (χ2v) is 8.20. The molecule has 0 unspecified atom stereocenters. The van der Waals surface area contributed by atoms with Gasteiger partial charge >= 0.3 is 0 Å². The van der Waals surface area contributed by atoms with E-state index in [1.54, 1.807) is 24.3 Å². The van der Waals surface area contributed by atoms with Crippen molar-refractivity contribution in [1.82, 2.24) is 5.32 Å². The molecule has 0 aromatic heterocycles. The van der Waals surface area contributed by atoms with Gasteiger partial charge in [-0.05, 0) is 30.5 Å². The molecule has 5 heteroatoms. The van der Waals surface area contributed by atoms with Crippen LogP contribution < -0.4 is 5.32 Å². The number of hydrogen-bond acceptors (Lipinski definition) is 3. The molecule has 0 saturated heterocycles. The highest BCUT2D eigenvalue weighted by Crippen LogP contribution is 2.29. The minimum absolute atomic E-state index is 0.00217. The van der Waals surface area contributed by atoms with Crippen molar-refractivity contribution in [2.45, 2.75) is 56.2 Å². The second kappa shape index (κ2) is 6.60. The van der Waals surface area contributed by atoms with Crippen LogP contribution in [-0.4, -0.2) is 19.6 Å². The Morgan fingerprint density at radius 2 is 1.76 bits per heavy atom. The predicted octanol–water partition coefficient (Wildman–Crippen LogP) is 2.68. The van der Waals surface area contributed by atoms with Crippen molar-refractivity contribution in [1.29, 1.82) is 0 Å². The fourth-order valence-electron chi connectivity index (χ4n) is 2.58. The summed E-state index contributed by atoms with van der Waals surface area (Å²) in [7, 11) is -3.19. The summed E-state index contributed by atoms with van der Waals surface area (Å²) in [5.41, 5.74) is 0.911. The van der Waals surface area contributed by atoms with Gasteiger partial charge in [-0.1, -0.05) is 38.8 Å². The van der Waals surface area contributed by atoms with Crippen LogP contribution in [-0.2, 0) is 21.2 Å². The average Bonchev–Trinajstić information content (AvgIpc) is 3.00. The summed E-state index contributed by atoms with van der Waals surface area (Å²) in [5, 5.41) is 2.60. The van der Waals surface area contributed by atoms with Crippen LogP contribution >= 0.6 is 0 Å². The maximum atomic E-state index is 12.4. The van der Waals surface area contributed by atoms with Crippen LogP contribution in [0.2, 0.25) is 0 Å². The summed E-state index contributed by atoms with van der Waals surface area (Å²) in [5.74, 6) is -0.0512. The van der Waals surface area contributed by atoms with Gasteiger partial charge in [0.05, 0.1) is 10.1 Å². The number of rotatable bonds is 5. The first-order valence-electron chi connectivity index (χ1n) is 7.52.